The van der Waals surface area contributed by atoms with Gasteiger partial charge in [0, 0.05) is 17.1 Å². The fraction of sp³-hybridized carbons (Fsp3) is 0.417. The normalized spacial score (nSPS) is 11.9. The lowest BCUT2D eigenvalue weighted by Crippen LogP contribution is -2.15. The molecule has 0 aliphatic heterocycles. The maximum atomic E-state index is 5.90. The summed E-state index contributed by atoms with van der Waals surface area (Å²) in [5.41, 5.74) is 9.20. The van der Waals surface area contributed by atoms with Gasteiger partial charge in [-0.25, -0.2) is 0 Å². The number of nitrogens with zero attached hydrogens (tertiary/aromatic N) is 1. The van der Waals surface area contributed by atoms with E-state index in [2.05, 4.69) is 20.9 Å². The fourth-order valence-corrected chi connectivity index (χ4v) is 1.67. The summed E-state index contributed by atoms with van der Waals surface area (Å²) in [6, 6.07) is 4.06. The van der Waals surface area contributed by atoms with Crippen LogP contribution in [0, 0.1) is 13.8 Å². The number of hydrogen-bond acceptors (Lipinski definition) is 2. The molecular weight excluding hydrogens is 268 g/mol. The van der Waals surface area contributed by atoms with Gasteiger partial charge in [-0.05, 0) is 37.1 Å². The molecule has 0 heterocycles. The van der Waals surface area contributed by atoms with E-state index in [-0.39, 0.29) is 0 Å². The smallest absolute Gasteiger partial charge is 0.125 e. The van der Waals surface area contributed by atoms with Crippen LogP contribution < -0.4 is 5.73 Å². The summed E-state index contributed by atoms with van der Waals surface area (Å²) in [7, 11) is 1.65. The van der Waals surface area contributed by atoms with Gasteiger partial charge in [0.25, 0.3) is 0 Å². The Kier molecular flexibility index (Phi) is 4.96. The van der Waals surface area contributed by atoms with Crippen LogP contribution in [0.15, 0.2) is 21.6 Å². The zero-order chi connectivity index (χ0) is 12.1. The minimum atomic E-state index is 0.566. The summed E-state index contributed by atoms with van der Waals surface area (Å²) < 4.78 is 6.05. The van der Waals surface area contributed by atoms with Gasteiger partial charge in [0.05, 0.1) is 13.2 Å². The summed E-state index contributed by atoms with van der Waals surface area (Å²) in [6.45, 7) is 5.28. The van der Waals surface area contributed by atoms with Crippen LogP contribution in [-0.4, -0.2) is 26.1 Å². The largest absolute Gasteiger partial charge is 0.384 e. The second-order valence-corrected chi connectivity index (χ2v) is 4.48. The first kappa shape index (κ1) is 13.2. The highest BCUT2D eigenvalue weighted by Crippen LogP contribution is 2.22. The minimum absolute atomic E-state index is 0.566. The molecule has 0 saturated heterocycles. The number of halogens is 1. The van der Waals surface area contributed by atoms with Crippen molar-refractivity contribution < 1.29 is 4.74 Å². The quantitative estimate of drug-likeness (QED) is 0.524. The van der Waals surface area contributed by atoms with Crippen LogP contribution in [0.4, 0.5) is 0 Å². The summed E-state index contributed by atoms with van der Waals surface area (Å²) in [4.78, 5) is 4.25. The minimum Gasteiger partial charge on any atom is -0.384 e. The van der Waals surface area contributed by atoms with E-state index in [9.17, 15) is 0 Å². The highest BCUT2D eigenvalue weighted by atomic mass is 79.9. The maximum Gasteiger partial charge on any atom is 0.125 e. The van der Waals surface area contributed by atoms with Crippen LogP contribution in [-0.2, 0) is 4.74 Å². The molecule has 0 amide bonds. The van der Waals surface area contributed by atoms with E-state index >= 15 is 0 Å². The summed E-state index contributed by atoms with van der Waals surface area (Å²) >= 11 is 3.53. The number of benzene rings is 1. The van der Waals surface area contributed by atoms with E-state index < -0.39 is 0 Å². The molecule has 3 nitrogen and oxygen atoms in total. The molecule has 0 aromatic heterocycles. The lowest BCUT2D eigenvalue weighted by atomic mass is 10.1. The third-order valence-corrected chi connectivity index (χ3v) is 3.56. The molecular formula is C12H17BrN2O. The van der Waals surface area contributed by atoms with Crippen molar-refractivity contribution in [1.29, 1.82) is 0 Å². The van der Waals surface area contributed by atoms with Crippen LogP contribution >= 0.6 is 15.9 Å². The molecule has 0 bridgehead atoms. The van der Waals surface area contributed by atoms with E-state index in [4.69, 9.17) is 10.5 Å². The van der Waals surface area contributed by atoms with Crippen molar-refractivity contribution in [2.24, 2.45) is 10.7 Å². The molecule has 1 rings (SSSR count). The Labute approximate surface area is 105 Å². The predicted molar refractivity (Wildman–Crippen MR) is 71.1 cm³/mol. The first-order chi connectivity index (χ1) is 7.56. The molecule has 4 heteroatoms. The molecule has 2 N–H and O–H groups in total. The van der Waals surface area contributed by atoms with E-state index in [1.165, 1.54) is 11.1 Å². The van der Waals surface area contributed by atoms with Gasteiger partial charge in [-0.15, -0.1) is 0 Å². The highest BCUT2D eigenvalue weighted by Gasteiger charge is 2.04. The summed E-state index contributed by atoms with van der Waals surface area (Å²) in [6.07, 6.45) is 0. The van der Waals surface area contributed by atoms with Crippen molar-refractivity contribution in [3.05, 3.63) is 33.3 Å². The van der Waals surface area contributed by atoms with Crippen LogP contribution in [0.2, 0.25) is 0 Å². The van der Waals surface area contributed by atoms with Crippen LogP contribution in [0.5, 0.6) is 0 Å². The van der Waals surface area contributed by atoms with Crippen molar-refractivity contribution in [3.63, 3.8) is 0 Å². The molecule has 1 aromatic rings. The highest BCUT2D eigenvalue weighted by molar-refractivity contribution is 9.10. The van der Waals surface area contributed by atoms with Gasteiger partial charge in [0.1, 0.15) is 5.84 Å². The van der Waals surface area contributed by atoms with Gasteiger partial charge in [0.2, 0.25) is 0 Å². The molecule has 0 fully saturated rings. The fourth-order valence-electron chi connectivity index (χ4n) is 1.44. The van der Waals surface area contributed by atoms with Crippen molar-refractivity contribution in [2.75, 3.05) is 20.3 Å². The Morgan fingerprint density at radius 1 is 1.38 bits per heavy atom. The number of nitrogens with two attached hydrogens (primary N) is 1. The van der Waals surface area contributed by atoms with E-state index in [0.29, 0.717) is 19.0 Å². The molecule has 1 aromatic carbocycles. The lowest BCUT2D eigenvalue weighted by Gasteiger charge is -2.07. The Morgan fingerprint density at radius 3 is 2.44 bits per heavy atom. The van der Waals surface area contributed by atoms with Gasteiger partial charge < -0.3 is 10.5 Å². The third-order valence-electron chi connectivity index (χ3n) is 2.31. The second-order valence-electron chi connectivity index (χ2n) is 3.68. The first-order valence-electron chi connectivity index (χ1n) is 5.12. The van der Waals surface area contributed by atoms with Gasteiger partial charge in [-0.2, -0.15) is 0 Å². The number of methoxy groups -OCH3 is 1. The predicted octanol–water partition coefficient (Wildman–Crippen LogP) is 2.42. The summed E-state index contributed by atoms with van der Waals surface area (Å²) in [5.74, 6) is 0.566. The third kappa shape index (κ3) is 3.32. The maximum absolute atomic E-state index is 5.90. The van der Waals surface area contributed by atoms with Crippen molar-refractivity contribution in [2.45, 2.75) is 13.8 Å². The average molecular weight is 285 g/mol. The Hall–Kier alpha value is -0.870. The van der Waals surface area contributed by atoms with Gasteiger partial charge in [-0.1, -0.05) is 15.9 Å². The van der Waals surface area contributed by atoms with Crippen molar-refractivity contribution in [3.8, 4) is 0 Å². The standard InChI is InChI=1S/C12H17BrN2O/c1-8-6-10(7-9(2)11(8)13)12(14)15-4-5-16-3/h6-7H,4-5H2,1-3H3,(H2,14,15). The molecule has 0 radical (unpaired) electrons. The molecule has 0 saturated carbocycles. The number of amidine groups is 1. The monoisotopic (exact) mass is 284 g/mol. The Morgan fingerprint density at radius 2 is 1.94 bits per heavy atom. The van der Waals surface area contributed by atoms with Crippen LogP contribution in [0.3, 0.4) is 0 Å². The zero-order valence-electron chi connectivity index (χ0n) is 9.88. The Bertz CT molecular complexity index is 379. The molecule has 0 spiro atoms. The molecule has 0 aliphatic carbocycles. The van der Waals surface area contributed by atoms with Gasteiger partial charge in [0.15, 0.2) is 0 Å². The topological polar surface area (TPSA) is 47.6 Å². The molecule has 16 heavy (non-hydrogen) atoms. The van der Waals surface area contributed by atoms with Crippen molar-refractivity contribution >= 4 is 21.8 Å². The summed E-state index contributed by atoms with van der Waals surface area (Å²) in [5, 5.41) is 0. The van der Waals surface area contributed by atoms with E-state index in [1.54, 1.807) is 7.11 Å². The van der Waals surface area contributed by atoms with Gasteiger partial charge >= 0.3 is 0 Å². The zero-order valence-corrected chi connectivity index (χ0v) is 11.5. The molecule has 88 valence electrons. The van der Waals surface area contributed by atoms with Crippen molar-refractivity contribution in [1.82, 2.24) is 0 Å². The number of hydrogen-bond donors (Lipinski definition) is 1. The Balaban J connectivity index is 2.92. The first-order valence-corrected chi connectivity index (χ1v) is 5.91. The lowest BCUT2D eigenvalue weighted by molar-refractivity contribution is 0.208. The number of aliphatic imine (C=N–C) groups is 1. The molecule has 0 atom stereocenters. The van der Waals surface area contributed by atoms with Crippen LogP contribution in [0.25, 0.3) is 0 Å². The number of aryl methyl sites for hydroxylation is 2. The second kappa shape index (κ2) is 6.01. The number of ether oxygens (including phenoxy) is 1. The van der Waals surface area contributed by atoms with E-state index in [0.717, 1.165) is 10.0 Å². The number of rotatable bonds is 4. The van der Waals surface area contributed by atoms with E-state index in [1.807, 2.05) is 26.0 Å². The molecule has 0 aliphatic rings. The van der Waals surface area contributed by atoms with Crippen LogP contribution in [0.1, 0.15) is 16.7 Å². The SMILES string of the molecule is COCCN=C(N)c1cc(C)c(Br)c(C)c1. The molecule has 0 unspecified atom stereocenters. The van der Waals surface area contributed by atoms with Gasteiger partial charge in [-0.3, -0.25) is 4.99 Å². The average Bonchev–Trinajstić information content (AvgIpc) is 2.25.